The number of hydrogen-bond acceptors (Lipinski definition) is 11. The van der Waals surface area contributed by atoms with E-state index >= 15 is 0 Å². The summed E-state index contributed by atoms with van der Waals surface area (Å²) in [6, 6.07) is -2.33. The Morgan fingerprint density at radius 2 is 1.78 bits per heavy atom. The first-order chi connectivity index (χ1) is 25.6. The highest BCUT2D eigenvalue weighted by atomic mass is 16.7. The number of nitrogens with two attached hydrogens (primary N) is 1. The maximum absolute atomic E-state index is 14.2. The molecule has 0 unspecified atom stereocenters. The minimum Gasteiger partial charge on any atom is -0.455 e. The van der Waals surface area contributed by atoms with Crippen LogP contribution in [0.15, 0.2) is 47.6 Å². The van der Waals surface area contributed by atoms with Gasteiger partial charge in [0.1, 0.15) is 24.0 Å². The van der Waals surface area contributed by atoms with Gasteiger partial charge in [-0.25, -0.2) is 4.79 Å². The van der Waals surface area contributed by atoms with Crippen LogP contribution in [0, 0.1) is 17.8 Å². The highest BCUT2D eigenvalue weighted by Gasteiger charge is 2.56. The monoisotopic (exact) mass is 756 g/mol. The number of piperidine rings is 1. The van der Waals surface area contributed by atoms with Crippen LogP contribution in [0.4, 0.5) is 0 Å². The number of ketones is 2. The molecule has 11 atom stereocenters. The molecule has 0 radical (unpaired) electrons. The van der Waals surface area contributed by atoms with Gasteiger partial charge in [0.2, 0.25) is 5.79 Å². The predicted octanol–water partition coefficient (Wildman–Crippen LogP) is 4.65. The predicted molar refractivity (Wildman–Crippen MR) is 204 cm³/mol. The van der Waals surface area contributed by atoms with Gasteiger partial charge in [-0.1, -0.05) is 49.3 Å². The van der Waals surface area contributed by atoms with Crippen LogP contribution in [0.25, 0.3) is 0 Å². The van der Waals surface area contributed by atoms with Crippen molar-refractivity contribution in [3.05, 3.63) is 47.6 Å². The second kappa shape index (κ2) is 19.7. The number of ether oxygens (including phenoxy) is 4. The number of hydrogen-bond donors (Lipinski definition) is 3. The van der Waals surface area contributed by atoms with E-state index in [0.29, 0.717) is 37.7 Å². The first-order valence-electron chi connectivity index (χ1n) is 19.8. The van der Waals surface area contributed by atoms with Gasteiger partial charge in [-0.05, 0) is 96.0 Å². The molecular weight excluding hydrogens is 692 g/mol. The largest absolute Gasteiger partial charge is 0.455 e. The van der Waals surface area contributed by atoms with E-state index < -0.39 is 77.9 Å². The topological polar surface area (TPSA) is 175 Å². The van der Waals surface area contributed by atoms with Crippen molar-refractivity contribution in [2.45, 2.75) is 153 Å². The number of fused-ring (bicyclic) bond motifs is 3. The standard InChI is InChI=1S/C42H64N2O10/c1-8-14-30-20-25(2)19-26(3)21-34(51-6)38-35(52-7)23-28(5)42(50,54-38)39(47)40(48)44-18-13-12-17-31(44)41(49)53-37(36(43)33(46)24-32(30)45)27(4)22-29-15-10-9-11-16-29/h8,15,20,22,26,28,30-31,33-38,46,50H,1,9-14,16-19,21,23-24,43H2,2-7H3/b25-20+,27-22+/t26-,28+,30+,31-,33-,34-,35-,36+,37+,38+,42+/m0/s1. The zero-order chi connectivity index (χ0) is 39.7. The third-order valence-corrected chi connectivity index (χ3v) is 11.7. The number of esters is 1. The Morgan fingerprint density at radius 1 is 1.07 bits per heavy atom. The minimum absolute atomic E-state index is 0.0109. The van der Waals surface area contributed by atoms with Crippen molar-refractivity contribution < 1.29 is 48.3 Å². The normalized spacial score (nSPS) is 38.3. The van der Waals surface area contributed by atoms with Crippen LogP contribution in [0.1, 0.15) is 105 Å². The van der Waals surface area contributed by atoms with Crippen molar-refractivity contribution in [1.82, 2.24) is 4.90 Å². The second-order valence-electron chi connectivity index (χ2n) is 16.1. The van der Waals surface area contributed by atoms with Gasteiger partial charge in [0.15, 0.2) is 0 Å². The third-order valence-electron chi connectivity index (χ3n) is 11.7. The SMILES string of the molecule is C=CC[C@@H]1/C=C(\C)C[C@H](C)C[C@H](OC)[C@H]2O[C@@](O)(C(=O)C(=O)N3CCCC[C@H]3C(=O)O[C@H](/C(C)=C/C3=CCCCC3)[C@H](N)[C@@H](O)CC1=O)[C@H](C)C[C@@H]2OC. The van der Waals surface area contributed by atoms with Crippen LogP contribution in [-0.4, -0.2) is 108 Å². The Bertz CT molecular complexity index is 1460. The van der Waals surface area contributed by atoms with Crippen LogP contribution in [0.3, 0.4) is 0 Å². The molecule has 4 rings (SSSR count). The van der Waals surface area contributed by atoms with Crippen LogP contribution in [0.2, 0.25) is 0 Å². The molecule has 54 heavy (non-hydrogen) atoms. The van der Waals surface area contributed by atoms with Crippen LogP contribution >= 0.6 is 0 Å². The van der Waals surface area contributed by atoms with E-state index in [-0.39, 0.29) is 37.5 Å². The Hall–Kier alpha value is -3.00. The molecule has 1 aliphatic carbocycles. The number of cyclic esters (lactones) is 1. The number of allylic oxidation sites excluding steroid dienone is 6. The fourth-order valence-electron chi connectivity index (χ4n) is 8.59. The summed E-state index contributed by atoms with van der Waals surface area (Å²) < 4.78 is 24.0. The first kappa shape index (κ1) is 43.7. The lowest BCUT2D eigenvalue weighted by molar-refractivity contribution is -0.302. The van der Waals surface area contributed by atoms with E-state index in [2.05, 4.69) is 12.7 Å². The number of aliphatic hydroxyl groups is 2. The van der Waals surface area contributed by atoms with Gasteiger partial charge in [-0.15, -0.1) is 6.58 Å². The number of aliphatic hydroxyl groups excluding tert-OH is 1. The average molecular weight is 757 g/mol. The zero-order valence-electron chi connectivity index (χ0n) is 33.2. The molecule has 0 aromatic heterocycles. The van der Waals surface area contributed by atoms with Crippen LogP contribution in [0.5, 0.6) is 0 Å². The zero-order valence-corrected chi connectivity index (χ0v) is 33.2. The molecule has 3 aliphatic heterocycles. The molecule has 3 heterocycles. The molecule has 0 aromatic rings. The van der Waals surface area contributed by atoms with E-state index in [1.54, 1.807) is 19.9 Å². The average Bonchev–Trinajstić information content (AvgIpc) is 3.15. The molecular formula is C42H64N2O10. The maximum Gasteiger partial charge on any atom is 0.329 e. The second-order valence-corrected chi connectivity index (χ2v) is 16.1. The third kappa shape index (κ3) is 10.4. The summed E-state index contributed by atoms with van der Waals surface area (Å²) >= 11 is 0. The van der Waals surface area contributed by atoms with Gasteiger partial charge in [0.25, 0.3) is 11.7 Å². The van der Waals surface area contributed by atoms with Gasteiger partial charge in [-0.2, -0.15) is 0 Å². The Labute approximate surface area is 321 Å². The summed E-state index contributed by atoms with van der Waals surface area (Å²) in [5, 5.41) is 23.5. The smallest absolute Gasteiger partial charge is 0.329 e. The number of carbonyl (C=O) groups is 4. The quantitative estimate of drug-likeness (QED) is 0.196. The van der Waals surface area contributed by atoms with E-state index in [9.17, 15) is 29.4 Å². The van der Waals surface area contributed by atoms with Crippen molar-refractivity contribution in [3.63, 3.8) is 0 Å². The highest BCUT2D eigenvalue weighted by Crippen LogP contribution is 2.39. The number of amides is 1. The van der Waals surface area contributed by atoms with E-state index in [4.69, 9.17) is 24.7 Å². The molecule has 12 nitrogen and oxygen atoms in total. The van der Waals surface area contributed by atoms with Crippen molar-refractivity contribution >= 4 is 23.4 Å². The van der Waals surface area contributed by atoms with Crippen LogP contribution in [-0.2, 0) is 38.1 Å². The molecule has 2 bridgehead atoms. The summed E-state index contributed by atoms with van der Waals surface area (Å²) in [5.74, 6) is -7.10. The fraction of sp³-hybridized carbons (Fsp3) is 0.714. The van der Waals surface area contributed by atoms with Gasteiger partial charge in [0.05, 0.1) is 24.4 Å². The Kier molecular flexibility index (Phi) is 16.0. The van der Waals surface area contributed by atoms with Gasteiger partial charge in [-0.3, -0.25) is 14.4 Å². The molecule has 0 spiro atoms. The molecule has 1 amide bonds. The van der Waals surface area contributed by atoms with Crippen LogP contribution < -0.4 is 5.73 Å². The van der Waals surface area contributed by atoms with Crippen molar-refractivity contribution in [2.75, 3.05) is 20.8 Å². The lowest BCUT2D eigenvalue weighted by Gasteiger charge is -2.47. The minimum atomic E-state index is -2.50. The molecule has 2 saturated heterocycles. The summed E-state index contributed by atoms with van der Waals surface area (Å²) in [6.45, 7) is 11.3. The van der Waals surface area contributed by atoms with Gasteiger partial charge >= 0.3 is 5.97 Å². The summed E-state index contributed by atoms with van der Waals surface area (Å²) in [7, 11) is 3.05. The fourth-order valence-corrected chi connectivity index (χ4v) is 8.59. The van der Waals surface area contributed by atoms with Crippen molar-refractivity contribution in [2.24, 2.45) is 23.5 Å². The first-order valence-corrected chi connectivity index (χ1v) is 19.8. The molecule has 302 valence electrons. The Morgan fingerprint density at radius 3 is 2.43 bits per heavy atom. The van der Waals surface area contributed by atoms with Crippen molar-refractivity contribution in [3.8, 4) is 0 Å². The van der Waals surface area contributed by atoms with E-state index in [1.165, 1.54) is 14.2 Å². The van der Waals surface area contributed by atoms with Gasteiger partial charge in [0, 0.05) is 39.0 Å². The number of carbonyl (C=O) groups excluding carboxylic acids is 4. The number of nitrogens with zero attached hydrogens (tertiary/aromatic N) is 1. The number of rotatable bonds is 6. The van der Waals surface area contributed by atoms with E-state index in [1.807, 2.05) is 26.0 Å². The molecule has 0 aromatic carbocycles. The van der Waals surface area contributed by atoms with Crippen molar-refractivity contribution in [1.29, 1.82) is 0 Å². The van der Waals surface area contributed by atoms with Gasteiger partial charge < -0.3 is 39.8 Å². The number of methoxy groups -OCH3 is 2. The lowest BCUT2D eigenvalue weighted by Crippen LogP contribution is -2.64. The maximum atomic E-state index is 14.2. The molecule has 2 fully saturated rings. The van der Waals surface area contributed by atoms with E-state index in [0.717, 1.165) is 41.7 Å². The molecule has 0 saturated carbocycles. The molecule has 4 N–H and O–H groups in total. The Balaban J connectivity index is 1.78. The number of Topliss-reactive ketones (excluding diaryl/α,β-unsaturated/α-hetero) is 2. The highest BCUT2D eigenvalue weighted by molar-refractivity contribution is 6.39. The summed E-state index contributed by atoms with van der Waals surface area (Å²) in [6.07, 6.45) is 9.63. The summed E-state index contributed by atoms with van der Waals surface area (Å²) in [5.41, 5.74) is 9.30. The lowest BCUT2D eigenvalue weighted by atomic mass is 9.82. The summed E-state index contributed by atoms with van der Waals surface area (Å²) in [4.78, 5) is 57.4. The molecule has 4 aliphatic rings. The molecule has 12 heteroatoms.